The zero-order valence-corrected chi connectivity index (χ0v) is 19.5. The number of hydrogen-bond acceptors (Lipinski definition) is 8. The van der Waals surface area contributed by atoms with Gasteiger partial charge in [0, 0.05) is 38.6 Å². The molecule has 3 aromatic rings. The highest BCUT2D eigenvalue weighted by Crippen LogP contribution is 2.25. The monoisotopic (exact) mass is 454 g/mol. The summed E-state index contributed by atoms with van der Waals surface area (Å²) in [5, 5.41) is 0.608. The Labute approximate surface area is 192 Å². The molecule has 0 bridgehead atoms. The van der Waals surface area contributed by atoms with Gasteiger partial charge in [-0.05, 0) is 43.2 Å². The molecule has 9 heteroatoms. The van der Waals surface area contributed by atoms with Crippen molar-refractivity contribution in [2.75, 3.05) is 52.5 Å². The van der Waals surface area contributed by atoms with Gasteiger partial charge in [-0.3, -0.25) is 9.36 Å². The number of methoxy groups -OCH3 is 3. The van der Waals surface area contributed by atoms with Crippen molar-refractivity contribution in [3.05, 3.63) is 52.2 Å². The normalized spacial score (nSPS) is 16.2. The minimum Gasteiger partial charge on any atom is -0.491 e. The molecule has 0 N–H and O–H groups in total. The lowest BCUT2D eigenvalue weighted by Crippen LogP contribution is -2.44. The van der Waals surface area contributed by atoms with Gasteiger partial charge in [0.25, 0.3) is 11.4 Å². The van der Waals surface area contributed by atoms with Crippen LogP contribution in [-0.4, -0.2) is 68.3 Å². The summed E-state index contributed by atoms with van der Waals surface area (Å²) in [6, 6.07) is 7.72. The van der Waals surface area contributed by atoms with Crippen LogP contribution in [0.2, 0.25) is 0 Å². The van der Waals surface area contributed by atoms with Crippen molar-refractivity contribution in [3.8, 4) is 11.6 Å². The molecular weight excluding hydrogens is 424 g/mol. The number of aromatic nitrogens is 3. The number of hydrogen-bond donors (Lipinski definition) is 0. The molecule has 1 saturated heterocycles. The lowest BCUT2D eigenvalue weighted by atomic mass is 10.1. The van der Waals surface area contributed by atoms with E-state index in [2.05, 4.69) is 9.88 Å². The molecule has 0 amide bonds. The lowest BCUT2D eigenvalue weighted by molar-refractivity contribution is -0.0100. The second kappa shape index (κ2) is 10.2. The van der Waals surface area contributed by atoms with Gasteiger partial charge in [-0.1, -0.05) is 0 Å². The molecule has 1 aromatic carbocycles. The fraction of sp³-hybridized carbons (Fsp3) is 0.458. The summed E-state index contributed by atoms with van der Waals surface area (Å²) < 4.78 is 23.2. The number of rotatable bonds is 8. The Kier molecular flexibility index (Phi) is 7.10. The number of fused-ring (bicyclic) bond motifs is 1. The molecule has 4 rings (SSSR count). The van der Waals surface area contributed by atoms with E-state index in [1.54, 1.807) is 32.1 Å². The molecule has 33 heavy (non-hydrogen) atoms. The van der Waals surface area contributed by atoms with Crippen LogP contribution in [0.3, 0.4) is 0 Å². The number of anilines is 1. The predicted molar refractivity (Wildman–Crippen MR) is 126 cm³/mol. The summed E-state index contributed by atoms with van der Waals surface area (Å²) in [4.78, 5) is 24.5. The minimum absolute atomic E-state index is 0.0354. The van der Waals surface area contributed by atoms with Gasteiger partial charge in [-0.2, -0.15) is 0 Å². The molecule has 0 spiro atoms. The van der Waals surface area contributed by atoms with E-state index in [-0.39, 0.29) is 11.7 Å². The molecule has 2 aromatic heterocycles. The molecule has 3 heterocycles. The summed E-state index contributed by atoms with van der Waals surface area (Å²) in [5.41, 5.74) is 2.64. The maximum atomic E-state index is 13.2. The molecule has 1 aliphatic heterocycles. The van der Waals surface area contributed by atoms with Crippen molar-refractivity contribution in [3.63, 3.8) is 0 Å². The summed E-state index contributed by atoms with van der Waals surface area (Å²) in [5.74, 6) is 1.68. The van der Waals surface area contributed by atoms with Gasteiger partial charge < -0.3 is 23.8 Å². The highest BCUT2D eigenvalue weighted by Gasteiger charge is 2.21. The average molecular weight is 455 g/mol. The van der Waals surface area contributed by atoms with E-state index in [0.717, 1.165) is 24.3 Å². The van der Waals surface area contributed by atoms with Crippen molar-refractivity contribution >= 4 is 16.6 Å². The summed E-state index contributed by atoms with van der Waals surface area (Å²) in [7, 11) is 4.81. The largest absolute Gasteiger partial charge is 0.491 e. The van der Waals surface area contributed by atoms with Crippen LogP contribution in [-0.2, 0) is 22.4 Å². The van der Waals surface area contributed by atoms with Crippen molar-refractivity contribution < 1.29 is 18.9 Å². The number of aryl methyl sites for hydroxylation is 2. The van der Waals surface area contributed by atoms with Gasteiger partial charge in [-0.25, -0.2) is 9.97 Å². The topological polar surface area (TPSA) is 87.9 Å². The zero-order chi connectivity index (χ0) is 23.4. The van der Waals surface area contributed by atoms with Gasteiger partial charge in [0.05, 0.1) is 44.4 Å². The van der Waals surface area contributed by atoms with Crippen LogP contribution in [0.1, 0.15) is 11.4 Å². The average Bonchev–Trinajstić information content (AvgIpc) is 2.83. The first-order valence-corrected chi connectivity index (χ1v) is 11.0. The van der Waals surface area contributed by atoms with Gasteiger partial charge in [0.15, 0.2) is 5.75 Å². The number of nitrogens with zero attached hydrogens (tertiary/aromatic N) is 4. The maximum absolute atomic E-state index is 13.2. The molecule has 1 fully saturated rings. The van der Waals surface area contributed by atoms with Crippen LogP contribution in [0, 0.1) is 6.92 Å². The van der Waals surface area contributed by atoms with Gasteiger partial charge in [0.1, 0.15) is 5.82 Å². The van der Waals surface area contributed by atoms with Crippen molar-refractivity contribution in [2.24, 2.45) is 0 Å². The summed E-state index contributed by atoms with van der Waals surface area (Å²) in [6.07, 6.45) is 2.39. The Morgan fingerprint density at radius 2 is 2.03 bits per heavy atom. The van der Waals surface area contributed by atoms with E-state index < -0.39 is 0 Å². The van der Waals surface area contributed by atoms with Crippen LogP contribution in [0.5, 0.6) is 11.6 Å². The first kappa shape index (κ1) is 23.0. The number of benzene rings is 1. The summed E-state index contributed by atoms with van der Waals surface area (Å²) >= 11 is 0. The Morgan fingerprint density at radius 3 is 2.79 bits per heavy atom. The fourth-order valence-electron chi connectivity index (χ4n) is 4.17. The molecule has 0 unspecified atom stereocenters. The Bertz CT molecular complexity index is 1180. The minimum atomic E-state index is -0.0447. The van der Waals surface area contributed by atoms with Crippen molar-refractivity contribution in [1.29, 1.82) is 0 Å². The van der Waals surface area contributed by atoms with Crippen LogP contribution in [0.15, 0.2) is 35.3 Å². The molecule has 1 atom stereocenters. The van der Waals surface area contributed by atoms with E-state index >= 15 is 0 Å². The SMILES string of the molecule is COC[C@H]1CN(c2ccc3c(=O)n(CCc4cnc(OC)c(OC)c4)c(C)nc3c2)CCO1. The van der Waals surface area contributed by atoms with E-state index in [0.29, 0.717) is 54.5 Å². The Hall–Kier alpha value is -3.17. The van der Waals surface area contributed by atoms with Gasteiger partial charge in [-0.15, -0.1) is 0 Å². The third-order valence-electron chi connectivity index (χ3n) is 5.90. The lowest BCUT2D eigenvalue weighted by Gasteiger charge is -2.34. The van der Waals surface area contributed by atoms with Crippen LogP contribution in [0.25, 0.3) is 10.9 Å². The fourth-order valence-corrected chi connectivity index (χ4v) is 4.17. The van der Waals surface area contributed by atoms with Gasteiger partial charge in [0.2, 0.25) is 0 Å². The van der Waals surface area contributed by atoms with Crippen LogP contribution in [0.4, 0.5) is 5.69 Å². The van der Waals surface area contributed by atoms with Crippen LogP contribution >= 0.6 is 0 Å². The second-order valence-corrected chi connectivity index (χ2v) is 8.02. The highest BCUT2D eigenvalue weighted by molar-refractivity contribution is 5.81. The van der Waals surface area contributed by atoms with Gasteiger partial charge >= 0.3 is 0 Å². The molecule has 1 aliphatic rings. The standard InChI is InChI=1S/C24H30N4O5/c1-16-26-21-12-18(27-9-10-33-19(14-27)15-30-2)5-6-20(21)24(29)28(16)8-7-17-11-22(31-3)23(32-4)25-13-17/h5-6,11-13,19H,7-10,14-15H2,1-4H3/t19-/m1/s1. The van der Waals surface area contributed by atoms with Crippen LogP contribution < -0.4 is 19.9 Å². The van der Waals surface area contributed by atoms with Crippen molar-refractivity contribution in [1.82, 2.24) is 14.5 Å². The number of pyridine rings is 1. The van der Waals surface area contributed by atoms with E-state index in [1.807, 2.05) is 31.2 Å². The maximum Gasteiger partial charge on any atom is 0.261 e. The number of ether oxygens (including phenoxy) is 4. The molecule has 9 nitrogen and oxygen atoms in total. The molecule has 176 valence electrons. The number of morpholine rings is 1. The smallest absolute Gasteiger partial charge is 0.261 e. The molecular formula is C24H30N4O5. The Balaban J connectivity index is 1.56. The zero-order valence-electron chi connectivity index (χ0n) is 19.5. The van der Waals surface area contributed by atoms with E-state index in [1.165, 1.54) is 0 Å². The van der Waals surface area contributed by atoms with E-state index in [9.17, 15) is 4.79 Å². The molecule has 0 saturated carbocycles. The summed E-state index contributed by atoms with van der Waals surface area (Å²) in [6.45, 7) is 5.10. The van der Waals surface area contributed by atoms with Crippen molar-refractivity contribution in [2.45, 2.75) is 26.0 Å². The quantitative estimate of drug-likeness (QED) is 0.512. The predicted octanol–water partition coefficient (Wildman–Crippen LogP) is 2.21. The first-order valence-electron chi connectivity index (χ1n) is 11.0. The second-order valence-electron chi connectivity index (χ2n) is 8.02. The Morgan fingerprint density at radius 1 is 1.18 bits per heavy atom. The third kappa shape index (κ3) is 4.94. The highest BCUT2D eigenvalue weighted by atomic mass is 16.5. The molecule has 0 radical (unpaired) electrons. The third-order valence-corrected chi connectivity index (χ3v) is 5.90. The first-order chi connectivity index (χ1) is 16.0. The molecule has 0 aliphatic carbocycles. The van der Waals surface area contributed by atoms with E-state index in [4.69, 9.17) is 23.9 Å².